The highest BCUT2D eigenvalue weighted by atomic mass is 16.5. The molecule has 0 unspecified atom stereocenters. The summed E-state index contributed by atoms with van der Waals surface area (Å²) in [5.41, 5.74) is 3.19. The summed E-state index contributed by atoms with van der Waals surface area (Å²) in [4.78, 5) is 8.61. The molecule has 0 saturated carbocycles. The molecule has 0 bridgehead atoms. The Hall–Kier alpha value is -2.69. The van der Waals surface area contributed by atoms with Crippen molar-refractivity contribution < 1.29 is 4.52 Å². The number of pyridine rings is 1. The van der Waals surface area contributed by atoms with E-state index in [9.17, 15) is 0 Å². The molecule has 0 aliphatic rings. The van der Waals surface area contributed by atoms with Crippen molar-refractivity contribution in [3.05, 3.63) is 71.6 Å². The highest BCUT2D eigenvalue weighted by Gasteiger charge is 2.07. The minimum atomic E-state index is 0.512. The number of aromatic nitrogens is 3. The van der Waals surface area contributed by atoms with Crippen LogP contribution in [0, 0.1) is 6.92 Å². The monoisotopic (exact) mass is 280 g/mol. The van der Waals surface area contributed by atoms with Crippen LogP contribution in [-0.2, 0) is 13.0 Å². The molecule has 0 fully saturated rings. The van der Waals surface area contributed by atoms with Crippen LogP contribution < -0.4 is 5.32 Å². The van der Waals surface area contributed by atoms with Crippen molar-refractivity contribution >= 4 is 5.69 Å². The first-order chi connectivity index (χ1) is 10.3. The fourth-order valence-electron chi connectivity index (χ4n) is 1.95. The van der Waals surface area contributed by atoms with E-state index in [4.69, 9.17) is 4.52 Å². The molecule has 0 radical (unpaired) electrons. The van der Waals surface area contributed by atoms with E-state index >= 15 is 0 Å². The van der Waals surface area contributed by atoms with E-state index in [0.717, 1.165) is 11.4 Å². The second kappa shape index (κ2) is 6.17. The van der Waals surface area contributed by atoms with Crippen molar-refractivity contribution in [1.29, 1.82) is 0 Å². The van der Waals surface area contributed by atoms with Crippen LogP contribution >= 0.6 is 0 Å². The van der Waals surface area contributed by atoms with Crippen LogP contribution in [-0.4, -0.2) is 15.1 Å². The van der Waals surface area contributed by atoms with Gasteiger partial charge in [-0.15, -0.1) is 0 Å². The Kier molecular flexibility index (Phi) is 3.91. The van der Waals surface area contributed by atoms with Gasteiger partial charge in [0.05, 0.1) is 13.0 Å². The topological polar surface area (TPSA) is 63.8 Å². The summed E-state index contributed by atoms with van der Waals surface area (Å²) in [7, 11) is 0. The standard InChI is InChI=1S/C16H16N4O/c1-12-5-7-13(8-6-12)18-11-16-19-15(20-21-16)10-14-4-2-3-9-17-14/h2-9,18H,10-11H2,1H3. The zero-order chi connectivity index (χ0) is 14.5. The molecule has 3 aromatic rings. The second-order valence-electron chi connectivity index (χ2n) is 4.82. The number of hydrogen-bond acceptors (Lipinski definition) is 5. The van der Waals surface area contributed by atoms with Crippen LogP contribution in [0.2, 0.25) is 0 Å². The Morgan fingerprint density at radius 3 is 2.71 bits per heavy atom. The summed E-state index contributed by atoms with van der Waals surface area (Å²) in [6, 6.07) is 14.0. The first-order valence-electron chi connectivity index (χ1n) is 6.81. The lowest BCUT2D eigenvalue weighted by Gasteiger charge is -2.02. The fourth-order valence-corrected chi connectivity index (χ4v) is 1.95. The van der Waals surface area contributed by atoms with Gasteiger partial charge in [-0.25, -0.2) is 0 Å². The Morgan fingerprint density at radius 2 is 1.95 bits per heavy atom. The smallest absolute Gasteiger partial charge is 0.245 e. The molecule has 1 aromatic carbocycles. The summed E-state index contributed by atoms with van der Waals surface area (Å²) in [5.74, 6) is 1.22. The van der Waals surface area contributed by atoms with Crippen LogP contribution in [0.5, 0.6) is 0 Å². The maximum atomic E-state index is 5.23. The number of hydrogen-bond donors (Lipinski definition) is 1. The van der Waals surface area contributed by atoms with E-state index < -0.39 is 0 Å². The molecule has 0 amide bonds. The fraction of sp³-hybridized carbons (Fsp3) is 0.188. The number of nitrogens with one attached hydrogen (secondary N) is 1. The Balaban J connectivity index is 1.59. The number of anilines is 1. The minimum absolute atomic E-state index is 0.512. The molecule has 1 N–H and O–H groups in total. The van der Waals surface area contributed by atoms with Crippen molar-refractivity contribution in [2.24, 2.45) is 0 Å². The van der Waals surface area contributed by atoms with Crippen LogP contribution in [0.4, 0.5) is 5.69 Å². The lowest BCUT2D eigenvalue weighted by molar-refractivity contribution is 0.378. The second-order valence-corrected chi connectivity index (χ2v) is 4.82. The molecule has 0 aliphatic heterocycles. The van der Waals surface area contributed by atoms with Gasteiger partial charge in [-0.2, -0.15) is 4.98 Å². The molecule has 2 heterocycles. The predicted molar refractivity (Wildman–Crippen MR) is 79.8 cm³/mol. The summed E-state index contributed by atoms with van der Waals surface area (Å²) >= 11 is 0. The lowest BCUT2D eigenvalue weighted by Crippen LogP contribution is -2.00. The van der Waals surface area contributed by atoms with E-state index in [1.807, 2.05) is 30.3 Å². The van der Waals surface area contributed by atoms with E-state index in [1.165, 1.54) is 5.56 Å². The van der Waals surface area contributed by atoms with E-state index in [1.54, 1.807) is 6.20 Å². The summed E-state index contributed by atoms with van der Waals surface area (Å²) in [6.07, 6.45) is 2.34. The Labute approximate surface area is 123 Å². The summed E-state index contributed by atoms with van der Waals surface area (Å²) in [5, 5.41) is 7.23. The van der Waals surface area contributed by atoms with Gasteiger partial charge in [0.25, 0.3) is 0 Å². The number of rotatable bonds is 5. The largest absolute Gasteiger partial charge is 0.376 e. The van der Waals surface area contributed by atoms with Gasteiger partial charge in [0.15, 0.2) is 5.82 Å². The molecule has 0 atom stereocenters. The molecule has 5 nitrogen and oxygen atoms in total. The van der Waals surface area contributed by atoms with Crippen LogP contribution in [0.15, 0.2) is 53.2 Å². The third-order valence-corrected chi connectivity index (χ3v) is 3.07. The van der Waals surface area contributed by atoms with Gasteiger partial charge in [-0.1, -0.05) is 28.9 Å². The third kappa shape index (κ3) is 3.66. The van der Waals surface area contributed by atoms with Crippen LogP contribution in [0.25, 0.3) is 0 Å². The Bertz CT molecular complexity index is 692. The van der Waals surface area contributed by atoms with E-state index in [0.29, 0.717) is 24.7 Å². The molecule has 2 aromatic heterocycles. The highest BCUT2D eigenvalue weighted by molar-refractivity contribution is 5.44. The van der Waals surface area contributed by atoms with Gasteiger partial charge < -0.3 is 9.84 Å². The van der Waals surface area contributed by atoms with Crippen molar-refractivity contribution in [3.8, 4) is 0 Å². The molecule has 106 valence electrons. The van der Waals surface area contributed by atoms with Crippen LogP contribution in [0.1, 0.15) is 23.0 Å². The van der Waals surface area contributed by atoms with Crippen molar-refractivity contribution in [2.75, 3.05) is 5.32 Å². The molecule has 3 rings (SSSR count). The molecular weight excluding hydrogens is 264 g/mol. The molecule has 21 heavy (non-hydrogen) atoms. The maximum Gasteiger partial charge on any atom is 0.245 e. The van der Waals surface area contributed by atoms with Crippen molar-refractivity contribution in [2.45, 2.75) is 19.9 Å². The Morgan fingerprint density at radius 1 is 1.10 bits per heavy atom. The van der Waals surface area contributed by atoms with E-state index in [-0.39, 0.29) is 0 Å². The SMILES string of the molecule is Cc1ccc(NCc2nc(Cc3ccccn3)no2)cc1. The van der Waals surface area contributed by atoms with Gasteiger partial charge in [0.1, 0.15) is 0 Å². The van der Waals surface area contributed by atoms with Gasteiger partial charge in [0.2, 0.25) is 5.89 Å². The third-order valence-electron chi connectivity index (χ3n) is 3.07. The average molecular weight is 280 g/mol. The average Bonchev–Trinajstić information content (AvgIpc) is 2.95. The van der Waals surface area contributed by atoms with Gasteiger partial charge in [0, 0.05) is 17.6 Å². The lowest BCUT2D eigenvalue weighted by atomic mass is 10.2. The quantitative estimate of drug-likeness (QED) is 0.778. The van der Waals surface area contributed by atoms with Gasteiger partial charge in [-0.05, 0) is 31.2 Å². The first-order valence-corrected chi connectivity index (χ1v) is 6.81. The number of benzene rings is 1. The van der Waals surface area contributed by atoms with E-state index in [2.05, 4.69) is 39.5 Å². The molecule has 5 heteroatoms. The summed E-state index contributed by atoms with van der Waals surface area (Å²) < 4.78 is 5.23. The van der Waals surface area contributed by atoms with Crippen molar-refractivity contribution in [3.63, 3.8) is 0 Å². The van der Waals surface area contributed by atoms with Gasteiger partial charge in [-0.3, -0.25) is 4.98 Å². The highest BCUT2D eigenvalue weighted by Crippen LogP contribution is 2.10. The molecule has 0 saturated heterocycles. The summed E-state index contributed by atoms with van der Waals surface area (Å²) in [6.45, 7) is 2.57. The van der Waals surface area contributed by atoms with Gasteiger partial charge >= 0.3 is 0 Å². The van der Waals surface area contributed by atoms with Crippen molar-refractivity contribution in [1.82, 2.24) is 15.1 Å². The van der Waals surface area contributed by atoms with Crippen LogP contribution in [0.3, 0.4) is 0 Å². The molecule has 0 spiro atoms. The maximum absolute atomic E-state index is 5.23. The minimum Gasteiger partial charge on any atom is -0.376 e. The number of nitrogens with zero attached hydrogens (tertiary/aromatic N) is 3. The molecular formula is C16H16N4O. The predicted octanol–water partition coefficient (Wildman–Crippen LogP) is 2.98. The molecule has 0 aliphatic carbocycles. The zero-order valence-electron chi connectivity index (χ0n) is 11.8. The first kappa shape index (κ1) is 13.3. The normalized spacial score (nSPS) is 10.5. The number of aryl methyl sites for hydroxylation is 1. The zero-order valence-corrected chi connectivity index (χ0v) is 11.8.